The number of aryl methyl sites for hydroxylation is 1. The SMILES string of the molecule is COC(=O)CSC(Oc1ccc(C)cc1)C(=O)OC. The van der Waals surface area contributed by atoms with Crippen LogP contribution in [-0.4, -0.2) is 37.3 Å². The van der Waals surface area contributed by atoms with E-state index in [-0.39, 0.29) is 5.75 Å². The van der Waals surface area contributed by atoms with Gasteiger partial charge in [-0.2, -0.15) is 0 Å². The molecule has 0 saturated heterocycles. The largest absolute Gasteiger partial charge is 0.468 e. The Hall–Kier alpha value is -1.69. The first kappa shape index (κ1) is 15.4. The van der Waals surface area contributed by atoms with Crippen LogP contribution in [-0.2, 0) is 19.1 Å². The summed E-state index contributed by atoms with van der Waals surface area (Å²) in [5.74, 6) is -0.415. The fraction of sp³-hybridized carbons (Fsp3) is 0.385. The van der Waals surface area contributed by atoms with E-state index in [1.165, 1.54) is 14.2 Å². The number of rotatable bonds is 6. The van der Waals surface area contributed by atoms with Gasteiger partial charge in [0.1, 0.15) is 5.75 Å². The Balaban J connectivity index is 2.66. The third kappa shape index (κ3) is 5.21. The molecule has 0 spiro atoms. The van der Waals surface area contributed by atoms with Crippen molar-refractivity contribution in [3.63, 3.8) is 0 Å². The molecule has 0 aliphatic rings. The van der Waals surface area contributed by atoms with E-state index in [9.17, 15) is 9.59 Å². The standard InChI is InChI=1S/C13H16O5S/c1-9-4-6-10(7-5-9)18-13(12(15)17-3)19-8-11(14)16-2/h4-7,13H,8H2,1-3H3. The molecule has 0 heterocycles. The van der Waals surface area contributed by atoms with Crippen molar-refractivity contribution >= 4 is 23.7 Å². The molecule has 1 aromatic rings. The molecule has 0 N–H and O–H groups in total. The lowest BCUT2D eigenvalue weighted by atomic mass is 10.2. The van der Waals surface area contributed by atoms with Crippen LogP contribution in [0.15, 0.2) is 24.3 Å². The van der Waals surface area contributed by atoms with Crippen LogP contribution in [0.1, 0.15) is 5.56 Å². The summed E-state index contributed by atoms with van der Waals surface area (Å²) in [6, 6.07) is 7.25. The van der Waals surface area contributed by atoms with E-state index < -0.39 is 17.4 Å². The average Bonchev–Trinajstić information content (AvgIpc) is 2.44. The first-order valence-corrected chi connectivity index (χ1v) is 6.61. The summed E-state index contributed by atoms with van der Waals surface area (Å²) in [6.45, 7) is 1.95. The minimum Gasteiger partial charge on any atom is -0.468 e. The molecule has 0 aliphatic carbocycles. The Morgan fingerprint density at radius 1 is 1.16 bits per heavy atom. The molecule has 0 aromatic heterocycles. The molecule has 1 rings (SSSR count). The maximum atomic E-state index is 11.6. The molecule has 1 unspecified atom stereocenters. The second kappa shape index (κ2) is 7.68. The molecular weight excluding hydrogens is 268 g/mol. The van der Waals surface area contributed by atoms with Crippen molar-refractivity contribution in [1.82, 2.24) is 0 Å². The molecule has 6 heteroatoms. The van der Waals surface area contributed by atoms with Gasteiger partial charge in [-0.05, 0) is 19.1 Å². The molecule has 0 saturated carbocycles. The minimum absolute atomic E-state index is 0.0160. The zero-order valence-corrected chi connectivity index (χ0v) is 11.9. The van der Waals surface area contributed by atoms with Crippen molar-refractivity contribution < 1.29 is 23.8 Å². The molecular formula is C13H16O5S. The highest BCUT2D eigenvalue weighted by Gasteiger charge is 2.23. The zero-order chi connectivity index (χ0) is 14.3. The third-order valence-corrected chi connectivity index (χ3v) is 3.23. The van der Waals surface area contributed by atoms with Gasteiger partial charge in [0.15, 0.2) is 0 Å². The fourth-order valence-corrected chi connectivity index (χ4v) is 2.01. The second-order valence-corrected chi connectivity index (χ2v) is 4.72. The van der Waals surface area contributed by atoms with Gasteiger partial charge in [0.25, 0.3) is 0 Å². The van der Waals surface area contributed by atoms with Gasteiger partial charge >= 0.3 is 11.9 Å². The second-order valence-electron chi connectivity index (χ2n) is 3.67. The van der Waals surface area contributed by atoms with E-state index in [1.54, 1.807) is 12.1 Å². The van der Waals surface area contributed by atoms with E-state index in [0.29, 0.717) is 5.75 Å². The van der Waals surface area contributed by atoms with Crippen molar-refractivity contribution in [2.45, 2.75) is 12.4 Å². The Morgan fingerprint density at radius 3 is 2.32 bits per heavy atom. The highest BCUT2D eigenvalue weighted by molar-refractivity contribution is 8.01. The van der Waals surface area contributed by atoms with Crippen molar-refractivity contribution in [3.8, 4) is 5.75 Å². The van der Waals surface area contributed by atoms with E-state index in [2.05, 4.69) is 9.47 Å². The zero-order valence-electron chi connectivity index (χ0n) is 11.0. The number of benzene rings is 1. The van der Waals surface area contributed by atoms with Crippen LogP contribution >= 0.6 is 11.8 Å². The molecule has 0 aliphatic heterocycles. The molecule has 104 valence electrons. The first-order valence-electron chi connectivity index (χ1n) is 5.56. The summed E-state index contributed by atoms with van der Waals surface area (Å²) in [6.07, 6.45) is 0. The van der Waals surface area contributed by atoms with Gasteiger partial charge in [0, 0.05) is 0 Å². The smallest absolute Gasteiger partial charge is 0.357 e. The molecule has 0 radical (unpaired) electrons. The molecule has 0 bridgehead atoms. The van der Waals surface area contributed by atoms with Gasteiger partial charge in [0.2, 0.25) is 5.44 Å². The summed E-state index contributed by atoms with van der Waals surface area (Å²) in [5, 5.41) is 0. The Bertz CT molecular complexity index is 429. The van der Waals surface area contributed by atoms with Gasteiger partial charge in [-0.15, -0.1) is 0 Å². The summed E-state index contributed by atoms with van der Waals surface area (Å²) >= 11 is 1.01. The lowest BCUT2D eigenvalue weighted by Gasteiger charge is -2.16. The number of carbonyl (C=O) groups excluding carboxylic acids is 2. The number of ether oxygens (including phenoxy) is 3. The normalized spacial score (nSPS) is 11.5. The average molecular weight is 284 g/mol. The number of hydrogen-bond donors (Lipinski definition) is 0. The van der Waals surface area contributed by atoms with E-state index in [4.69, 9.17) is 4.74 Å². The number of methoxy groups -OCH3 is 2. The Labute approximate surface area is 116 Å². The summed E-state index contributed by atoms with van der Waals surface area (Å²) in [4.78, 5) is 22.6. The van der Waals surface area contributed by atoms with Gasteiger partial charge in [-0.25, -0.2) is 4.79 Å². The van der Waals surface area contributed by atoms with Crippen molar-refractivity contribution in [1.29, 1.82) is 0 Å². The minimum atomic E-state index is -0.896. The number of esters is 2. The fourth-order valence-electron chi connectivity index (χ4n) is 1.19. The molecule has 1 atom stereocenters. The lowest BCUT2D eigenvalue weighted by Crippen LogP contribution is -2.26. The van der Waals surface area contributed by atoms with E-state index >= 15 is 0 Å². The summed E-state index contributed by atoms with van der Waals surface area (Å²) in [5.41, 5.74) is 0.191. The van der Waals surface area contributed by atoms with E-state index in [1.807, 2.05) is 19.1 Å². The third-order valence-electron chi connectivity index (χ3n) is 2.24. The van der Waals surface area contributed by atoms with Crippen LogP contribution in [0, 0.1) is 6.92 Å². The van der Waals surface area contributed by atoms with Gasteiger partial charge in [0.05, 0.1) is 20.0 Å². The van der Waals surface area contributed by atoms with Gasteiger partial charge in [-0.3, -0.25) is 4.79 Å². The van der Waals surface area contributed by atoms with Crippen LogP contribution in [0.3, 0.4) is 0 Å². The van der Waals surface area contributed by atoms with Crippen LogP contribution in [0.25, 0.3) is 0 Å². The monoisotopic (exact) mass is 284 g/mol. The first-order chi connectivity index (χ1) is 9.06. The van der Waals surface area contributed by atoms with Gasteiger partial charge < -0.3 is 14.2 Å². The van der Waals surface area contributed by atoms with Crippen molar-refractivity contribution in [3.05, 3.63) is 29.8 Å². The predicted octanol–water partition coefficient (Wildman–Crippen LogP) is 1.78. The van der Waals surface area contributed by atoms with Crippen LogP contribution < -0.4 is 4.74 Å². The lowest BCUT2D eigenvalue weighted by molar-refractivity contribution is -0.144. The Morgan fingerprint density at radius 2 is 1.79 bits per heavy atom. The molecule has 1 aromatic carbocycles. The topological polar surface area (TPSA) is 61.8 Å². The summed E-state index contributed by atoms with van der Waals surface area (Å²) in [7, 11) is 2.56. The van der Waals surface area contributed by atoms with Crippen molar-refractivity contribution in [2.24, 2.45) is 0 Å². The number of carbonyl (C=O) groups is 2. The Kier molecular flexibility index (Phi) is 6.21. The highest BCUT2D eigenvalue weighted by Crippen LogP contribution is 2.20. The number of hydrogen-bond acceptors (Lipinski definition) is 6. The quantitative estimate of drug-likeness (QED) is 0.586. The van der Waals surface area contributed by atoms with Crippen LogP contribution in [0.4, 0.5) is 0 Å². The van der Waals surface area contributed by atoms with Gasteiger partial charge in [-0.1, -0.05) is 29.5 Å². The molecule has 19 heavy (non-hydrogen) atoms. The molecule has 0 fully saturated rings. The maximum Gasteiger partial charge on any atom is 0.357 e. The molecule has 5 nitrogen and oxygen atoms in total. The molecule has 0 amide bonds. The van der Waals surface area contributed by atoms with Crippen LogP contribution in [0.5, 0.6) is 5.75 Å². The number of thioether (sulfide) groups is 1. The van der Waals surface area contributed by atoms with E-state index in [0.717, 1.165) is 17.3 Å². The maximum absolute atomic E-state index is 11.6. The van der Waals surface area contributed by atoms with Crippen LogP contribution in [0.2, 0.25) is 0 Å². The highest BCUT2D eigenvalue weighted by atomic mass is 32.2. The van der Waals surface area contributed by atoms with Crippen molar-refractivity contribution in [2.75, 3.05) is 20.0 Å². The summed E-state index contributed by atoms with van der Waals surface area (Å²) < 4.78 is 14.6. The predicted molar refractivity (Wildman–Crippen MR) is 72.1 cm³/mol.